The molecule has 0 aliphatic heterocycles. The minimum Gasteiger partial charge on any atom is -0.397 e. The van der Waals surface area contributed by atoms with E-state index < -0.39 is 5.91 Å². The Hall–Kier alpha value is -3.39. The Morgan fingerprint density at radius 1 is 1.23 bits per heavy atom. The number of hydrogen-bond acceptors (Lipinski definition) is 5. The van der Waals surface area contributed by atoms with Crippen LogP contribution in [0.3, 0.4) is 0 Å². The van der Waals surface area contributed by atoms with Crippen LogP contribution in [0.2, 0.25) is 0 Å². The van der Waals surface area contributed by atoms with Crippen LogP contribution in [0.4, 0.5) is 11.4 Å². The summed E-state index contributed by atoms with van der Waals surface area (Å²) in [6, 6.07) is 11.3. The van der Waals surface area contributed by atoms with Crippen molar-refractivity contribution >= 4 is 38.8 Å². The molecule has 4 aromatic rings. The summed E-state index contributed by atoms with van der Waals surface area (Å²) in [7, 11) is 0. The third-order valence-electron chi connectivity index (χ3n) is 5.53. The van der Waals surface area contributed by atoms with Crippen molar-refractivity contribution in [1.29, 1.82) is 0 Å². The Kier molecular flexibility index (Phi) is 4.43. The third-order valence-corrected chi connectivity index (χ3v) is 6.64. The number of nitrogens with two attached hydrogens (primary N) is 1. The topological polar surface area (TPSA) is 106 Å². The molecule has 0 saturated heterocycles. The highest BCUT2D eigenvalue weighted by Gasteiger charge is 2.22. The molecule has 0 saturated carbocycles. The van der Waals surface area contributed by atoms with Gasteiger partial charge in [-0.15, -0.1) is 11.3 Å². The van der Waals surface area contributed by atoms with Gasteiger partial charge in [0.2, 0.25) is 0 Å². The second-order valence-corrected chi connectivity index (χ2v) is 8.54. The quantitative estimate of drug-likeness (QED) is 0.470. The van der Waals surface area contributed by atoms with Gasteiger partial charge in [0, 0.05) is 11.1 Å². The number of nitrogen functional groups attached to an aromatic ring is 1. The van der Waals surface area contributed by atoms with Crippen LogP contribution < -0.4 is 16.6 Å². The number of aromatic nitrogens is 3. The summed E-state index contributed by atoms with van der Waals surface area (Å²) >= 11 is 1.27. The van der Waals surface area contributed by atoms with E-state index >= 15 is 0 Å². The monoisotopic (exact) mass is 419 g/mol. The Bertz CT molecular complexity index is 1330. The first-order chi connectivity index (χ1) is 14.5. The highest BCUT2D eigenvalue weighted by Crippen LogP contribution is 2.35. The van der Waals surface area contributed by atoms with Gasteiger partial charge in [0.25, 0.3) is 11.5 Å². The molecule has 152 valence electrons. The van der Waals surface area contributed by atoms with Crippen molar-refractivity contribution in [2.75, 3.05) is 11.1 Å². The van der Waals surface area contributed by atoms with Crippen LogP contribution in [0.15, 0.2) is 41.2 Å². The number of nitrogens with one attached hydrogen (secondary N) is 2. The van der Waals surface area contributed by atoms with E-state index in [4.69, 9.17) is 10.7 Å². The maximum atomic E-state index is 13.0. The number of rotatable bonds is 3. The molecule has 7 nitrogen and oxygen atoms in total. The number of pyridine rings is 1. The number of nitrogens with zero attached hydrogens (tertiary/aromatic N) is 2. The average Bonchev–Trinajstić information content (AvgIpc) is 3.23. The molecule has 4 N–H and O–H groups in total. The summed E-state index contributed by atoms with van der Waals surface area (Å²) in [5.41, 5.74) is 10.2. The van der Waals surface area contributed by atoms with Gasteiger partial charge < -0.3 is 11.1 Å². The van der Waals surface area contributed by atoms with Gasteiger partial charge in [-0.1, -0.05) is 18.2 Å². The zero-order valence-electron chi connectivity index (χ0n) is 16.5. The number of para-hydroxylation sites is 1. The highest BCUT2D eigenvalue weighted by molar-refractivity contribution is 7.21. The van der Waals surface area contributed by atoms with Crippen molar-refractivity contribution in [2.24, 2.45) is 0 Å². The van der Waals surface area contributed by atoms with E-state index in [1.807, 2.05) is 30.3 Å². The molecule has 1 amide bonds. The Balaban J connectivity index is 1.50. The van der Waals surface area contributed by atoms with Gasteiger partial charge >= 0.3 is 0 Å². The van der Waals surface area contributed by atoms with Crippen LogP contribution in [0, 0.1) is 6.92 Å². The first-order valence-corrected chi connectivity index (χ1v) is 10.7. The maximum Gasteiger partial charge on any atom is 0.295 e. The van der Waals surface area contributed by atoms with Crippen molar-refractivity contribution < 1.29 is 4.79 Å². The summed E-state index contributed by atoms with van der Waals surface area (Å²) < 4.78 is 1.41. The van der Waals surface area contributed by atoms with E-state index in [1.54, 1.807) is 6.92 Å². The number of amides is 1. The van der Waals surface area contributed by atoms with Crippen LogP contribution in [-0.2, 0) is 12.8 Å². The minimum atomic E-state index is -0.395. The molecule has 0 bridgehead atoms. The zero-order chi connectivity index (χ0) is 20.8. The molecule has 1 aliphatic carbocycles. The van der Waals surface area contributed by atoms with E-state index in [-0.39, 0.29) is 11.2 Å². The Morgan fingerprint density at radius 3 is 2.80 bits per heavy atom. The van der Waals surface area contributed by atoms with Gasteiger partial charge in [0.1, 0.15) is 15.4 Å². The largest absolute Gasteiger partial charge is 0.397 e. The lowest BCUT2D eigenvalue weighted by Crippen LogP contribution is -2.21. The van der Waals surface area contributed by atoms with E-state index in [2.05, 4.69) is 16.5 Å². The van der Waals surface area contributed by atoms with Gasteiger partial charge in [-0.25, -0.2) is 9.67 Å². The lowest BCUT2D eigenvalue weighted by atomic mass is 9.95. The number of aryl methyl sites for hydroxylation is 3. The SMILES string of the molecule is Cc1[nH]n(-c2ccccc2)c(=O)c1NC(=O)c1sc2nc3c(cc2c1N)CCCC3. The summed E-state index contributed by atoms with van der Waals surface area (Å²) in [6.07, 6.45) is 4.25. The predicted octanol–water partition coefficient (Wildman–Crippen LogP) is 3.80. The molecule has 0 atom stereocenters. The number of carbonyl (C=O) groups excluding carboxylic acids is 1. The summed E-state index contributed by atoms with van der Waals surface area (Å²) in [5.74, 6) is -0.395. The number of carbonyl (C=O) groups is 1. The first-order valence-electron chi connectivity index (χ1n) is 9.92. The molecule has 30 heavy (non-hydrogen) atoms. The van der Waals surface area contributed by atoms with E-state index in [0.717, 1.165) is 41.6 Å². The maximum absolute atomic E-state index is 13.0. The van der Waals surface area contributed by atoms with Crippen LogP contribution in [0.5, 0.6) is 0 Å². The number of thiophene rings is 1. The molecular weight excluding hydrogens is 398 g/mol. The summed E-state index contributed by atoms with van der Waals surface area (Å²) in [6.45, 7) is 1.75. The Morgan fingerprint density at radius 2 is 2.00 bits per heavy atom. The Labute approximate surface area is 176 Å². The summed E-state index contributed by atoms with van der Waals surface area (Å²) in [5, 5.41) is 6.59. The molecule has 3 aromatic heterocycles. The van der Waals surface area contributed by atoms with E-state index in [1.165, 1.54) is 21.6 Å². The van der Waals surface area contributed by atoms with Crippen LogP contribution >= 0.6 is 11.3 Å². The van der Waals surface area contributed by atoms with E-state index in [0.29, 0.717) is 21.9 Å². The minimum absolute atomic E-state index is 0.216. The van der Waals surface area contributed by atoms with Gasteiger partial charge in [-0.3, -0.25) is 14.7 Å². The van der Waals surface area contributed by atoms with Gasteiger partial charge in [-0.05, 0) is 56.4 Å². The average molecular weight is 420 g/mol. The molecule has 1 aliphatic rings. The molecular formula is C22H21N5O2S. The second kappa shape index (κ2) is 7.14. The van der Waals surface area contributed by atoms with Gasteiger partial charge in [0.05, 0.1) is 17.1 Å². The molecule has 0 unspecified atom stereocenters. The third kappa shape index (κ3) is 3.00. The first kappa shape index (κ1) is 18.6. The molecule has 0 spiro atoms. The number of benzene rings is 1. The van der Waals surface area contributed by atoms with Crippen molar-refractivity contribution in [3.8, 4) is 5.69 Å². The molecule has 8 heteroatoms. The fourth-order valence-corrected chi connectivity index (χ4v) is 4.94. The van der Waals surface area contributed by atoms with Crippen molar-refractivity contribution in [3.63, 3.8) is 0 Å². The molecule has 0 radical (unpaired) electrons. The van der Waals surface area contributed by atoms with Crippen molar-refractivity contribution in [3.05, 3.63) is 68.6 Å². The predicted molar refractivity (Wildman–Crippen MR) is 120 cm³/mol. The van der Waals surface area contributed by atoms with E-state index in [9.17, 15) is 9.59 Å². The lowest BCUT2D eigenvalue weighted by Gasteiger charge is -2.14. The highest BCUT2D eigenvalue weighted by atomic mass is 32.1. The number of aromatic amines is 1. The van der Waals surface area contributed by atoms with Gasteiger partial charge in [0.15, 0.2) is 0 Å². The summed E-state index contributed by atoms with van der Waals surface area (Å²) in [4.78, 5) is 31.8. The van der Waals surface area contributed by atoms with Crippen LogP contribution in [-0.4, -0.2) is 20.7 Å². The van der Waals surface area contributed by atoms with Crippen LogP contribution in [0.1, 0.15) is 39.5 Å². The van der Waals surface area contributed by atoms with Crippen LogP contribution in [0.25, 0.3) is 15.9 Å². The number of H-pyrrole nitrogens is 1. The number of fused-ring (bicyclic) bond motifs is 2. The number of hydrogen-bond donors (Lipinski definition) is 3. The van der Waals surface area contributed by atoms with Crippen molar-refractivity contribution in [1.82, 2.24) is 14.8 Å². The molecule has 0 fully saturated rings. The molecule has 1 aromatic carbocycles. The standard InChI is InChI=1S/C22H21N5O2S/c1-12-18(22(29)27(26-12)14-8-3-2-4-9-14)25-20(28)19-17(23)15-11-13-7-5-6-10-16(13)24-21(15)30-19/h2-4,8-9,11,26H,5-7,10,23H2,1H3,(H,25,28). The van der Waals surface area contributed by atoms with Gasteiger partial charge in [-0.2, -0.15) is 0 Å². The molecule has 5 rings (SSSR count). The zero-order valence-corrected chi connectivity index (χ0v) is 17.3. The lowest BCUT2D eigenvalue weighted by molar-refractivity contribution is 0.103. The second-order valence-electron chi connectivity index (χ2n) is 7.54. The molecule has 3 heterocycles. The fourth-order valence-electron chi connectivity index (χ4n) is 3.95. The number of anilines is 2. The normalized spacial score (nSPS) is 13.4. The smallest absolute Gasteiger partial charge is 0.295 e. The fraction of sp³-hybridized carbons (Fsp3) is 0.227. The van der Waals surface area contributed by atoms with Crippen molar-refractivity contribution in [2.45, 2.75) is 32.6 Å².